The third-order valence-electron chi connectivity index (χ3n) is 2.69. The first-order valence-corrected chi connectivity index (χ1v) is 6.22. The van der Waals surface area contributed by atoms with Crippen molar-refractivity contribution in [2.24, 2.45) is 0 Å². The van der Waals surface area contributed by atoms with Crippen molar-refractivity contribution in [3.63, 3.8) is 0 Å². The van der Waals surface area contributed by atoms with Gasteiger partial charge in [0.2, 0.25) is 0 Å². The fourth-order valence-corrected chi connectivity index (χ4v) is 1.52. The summed E-state index contributed by atoms with van der Waals surface area (Å²) in [6.45, 7) is 2.87. The number of carboxylic acid groups (broad SMARTS) is 1. The highest BCUT2D eigenvalue weighted by molar-refractivity contribution is 5.73. The number of aliphatic carboxylic acids is 1. The van der Waals surface area contributed by atoms with E-state index in [0.717, 1.165) is 11.1 Å². The van der Waals surface area contributed by atoms with Crippen LogP contribution >= 0.6 is 0 Å². The van der Waals surface area contributed by atoms with E-state index in [4.69, 9.17) is 5.11 Å². The molecule has 0 aliphatic rings. The molecule has 0 aliphatic heterocycles. The third-order valence-corrected chi connectivity index (χ3v) is 2.69. The minimum absolute atomic E-state index is 0.137. The lowest BCUT2D eigenvalue weighted by Gasteiger charge is -2.08. The van der Waals surface area contributed by atoms with E-state index in [2.05, 4.69) is 15.6 Å². The Hall–Kier alpha value is -2.11. The minimum Gasteiger partial charge on any atom is -0.481 e. The highest BCUT2D eigenvalue weighted by Crippen LogP contribution is 2.03. The van der Waals surface area contributed by atoms with Gasteiger partial charge < -0.3 is 15.7 Å². The van der Waals surface area contributed by atoms with Gasteiger partial charge in [-0.25, -0.2) is 4.79 Å². The molecular formula is C13H19N3O3. The number of pyridine rings is 1. The summed E-state index contributed by atoms with van der Waals surface area (Å²) in [7, 11) is 0. The molecule has 0 saturated carbocycles. The van der Waals surface area contributed by atoms with Crippen molar-refractivity contribution in [2.75, 3.05) is 6.54 Å². The fraction of sp³-hybridized carbons (Fsp3) is 0.462. The van der Waals surface area contributed by atoms with Crippen molar-refractivity contribution in [1.82, 2.24) is 15.6 Å². The van der Waals surface area contributed by atoms with Crippen LogP contribution in [0.2, 0.25) is 0 Å². The van der Waals surface area contributed by atoms with E-state index in [9.17, 15) is 9.59 Å². The van der Waals surface area contributed by atoms with Gasteiger partial charge in [0.1, 0.15) is 0 Å². The molecule has 1 aromatic rings. The maximum Gasteiger partial charge on any atom is 0.315 e. The number of aryl methyl sites for hydroxylation is 1. The molecule has 104 valence electrons. The van der Waals surface area contributed by atoms with Gasteiger partial charge in [-0.05, 0) is 37.0 Å². The molecular weight excluding hydrogens is 246 g/mol. The first kappa shape index (κ1) is 14.9. The molecule has 0 spiro atoms. The van der Waals surface area contributed by atoms with Gasteiger partial charge in [0.05, 0.1) is 0 Å². The number of amides is 2. The zero-order chi connectivity index (χ0) is 14.1. The van der Waals surface area contributed by atoms with Gasteiger partial charge in [-0.2, -0.15) is 0 Å². The topological polar surface area (TPSA) is 91.3 Å². The number of nitrogens with one attached hydrogen (secondary N) is 2. The normalized spacial score (nSPS) is 9.95. The molecule has 0 radical (unpaired) electrons. The molecule has 19 heavy (non-hydrogen) atoms. The van der Waals surface area contributed by atoms with Crippen LogP contribution in [0, 0.1) is 6.92 Å². The maximum atomic E-state index is 11.5. The number of hydrogen-bond donors (Lipinski definition) is 3. The van der Waals surface area contributed by atoms with Gasteiger partial charge in [0, 0.05) is 31.9 Å². The maximum absolute atomic E-state index is 11.5. The van der Waals surface area contributed by atoms with Gasteiger partial charge in [0.25, 0.3) is 0 Å². The second kappa shape index (κ2) is 8.07. The van der Waals surface area contributed by atoms with E-state index in [-0.39, 0.29) is 12.5 Å². The van der Waals surface area contributed by atoms with Crippen molar-refractivity contribution in [2.45, 2.75) is 32.7 Å². The summed E-state index contributed by atoms with van der Waals surface area (Å²) in [5.41, 5.74) is 2.06. The Labute approximate surface area is 112 Å². The lowest BCUT2D eigenvalue weighted by atomic mass is 10.2. The van der Waals surface area contributed by atoms with Gasteiger partial charge in [0.15, 0.2) is 0 Å². The summed E-state index contributed by atoms with van der Waals surface area (Å²) in [6.07, 6.45) is 4.80. The molecule has 0 aromatic carbocycles. The lowest BCUT2D eigenvalue weighted by Crippen LogP contribution is -2.35. The van der Waals surface area contributed by atoms with Crippen molar-refractivity contribution in [3.8, 4) is 0 Å². The molecule has 0 saturated heterocycles. The minimum atomic E-state index is -0.809. The molecule has 1 aromatic heterocycles. The smallest absolute Gasteiger partial charge is 0.315 e. The lowest BCUT2D eigenvalue weighted by molar-refractivity contribution is -0.137. The van der Waals surface area contributed by atoms with Gasteiger partial charge >= 0.3 is 12.0 Å². The van der Waals surface area contributed by atoms with E-state index in [1.54, 1.807) is 12.4 Å². The van der Waals surface area contributed by atoms with E-state index < -0.39 is 5.97 Å². The van der Waals surface area contributed by atoms with Gasteiger partial charge in [-0.15, -0.1) is 0 Å². The molecule has 0 atom stereocenters. The first-order valence-electron chi connectivity index (χ1n) is 6.22. The van der Waals surface area contributed by atoms with Crippen LogP contribution in [-0.4, -0.2) is 28.6 Å². The number of unbranched alkanes of at least 4 members (excludes halogenated alkanes) is 1. The number of hydrogen-bond acceptors (Lipinski definition) is 3. The Morgan fingerprint density at radius 3 is 2.79 bits per heavy atom. The van der Waals surface area contributed by atoms with Crippen LogP contribution < -0.4 is 10.6 Å². The van der Waals surface area contributed by atoms with Crippen molar-refractivity contribution < 1.29 is 14.7 Å². The predicted octanol–water partition coefficient (Wildman–Crippen LogP) is 1.44. The van der Waals surface area contributed by atoms with Crippen LogP contribution in [-0.2, 0) is 11.3 Å². The second-order valence-corrected chi connectivity index (χ2v) is 4.26. The summed E-state index contributed by atoms with van der Waals surface area (Å²) in [5, 5.41) is 13.9. The molecule has 6 heteroatoms. The zero-order valence-corrected chi connectivity index (χ0v) is 11.0. The molecule has 0 unspecified atom stereocenters. The molecule has 0 bridgehead atoms. The van der Waals surface area contributed by atoms with Crippen LogP contribution in [0.15, 0.2) is 18.5 Å². The van der Waals surface area contributed by atoms with E-state index >= 15 is 0 Å². The molecule has 1 heterocycles. The van der Waals surface area contributed by atoms with Crippen LogP contribution in [0.5, 0.6) is 0 Å². The molecule has 1 rings (SSSR count). The number of carbonyl (C=O) groups is 2. The largest absolute Gasteiger partial charge is 0.481 e. The van der Waals surface area contributed by atoms with Crippen molar-refractivity contribution >= 4 is 12.0 Å². The first-order chi connectivity index (χ1) is 9.09. The number of nitrogens with zero attached hydrogens (tertiary/aromatic N) is 1. The Kier molecular flexibility index (Phi) is 6.35. The highest BCUT2D eigenvalue weighted by Gasteiger charge is 2.02. The van der Waals surface area contributed by atoms with E-state index in [1.165, 1.54) is 0 Å². The second-order valence-electron chi connectivity index (χ2n) is 4.26. The quantitative estimate of drug-likeness (QED) is 0.651. The monoisotopic (exact) mass is 265 g/mol. The number of carbonyl (C=O) groups excluding carboxylic acids is 1. The average molecular weight is 265 g/mol. The molecule has 0 aliphatic carbocycles. The summed E-state index contributed by atoms with van der Waals surface area (Å²) >= 11 is 0. The molecule has 6 nitrogen and oxygen atoms in total. The molecule has 0 fully saturated rings. The standard InChI is InChI=1S/C13H19N3O3/c1-10-5-7-14-8-11(10)9-16-13(19)15-6-3-2-4-12(17)18/h5,7-8H,2-4,6,9H2,1H3,(H,17,18)(H2,15,16,19). The Bertz CT molecular complexity index is 435. The highest BCUT2D eigenvalue weighted by atomic mass is 16.4. The number of carboxylic acids is 1. The molecule has 3 N–H and O–H groups in total. The van der Waals surface area contributed by atoms with Gasteiger partial charge in [-0.3, -0.25) is 9.78 Å². The van der Waals surface area contributed by atoms with Crippen LogP contribution in [0.1, 0.15) is 30.4 Å². The average Bonchev–Trinajstić information content (AvgIpc) is 2.37. The Balaban J connectivity index is 2.15. The molecule has 2 amide bonds. The predicted molar refractivity (Wildman–Crippen MR) is 70.7 cm³/mol. The summed E-state index contributed by atoms with van der Waals surface area (Å²) in [5.74, 6) is -0.809. The van der Waals surface area contributed by atoms with E-state index in [1.807, 2.05) is 13.0 Å². The Morgan fingerprint density at radius 1 is 1.32 bits per heavy atom. The summed E-state index contributed by atoms with van der Waals surface area (Å²) < 4.78 is 0. The van der Waals surface area contributed by atoms with Gasteiger partial charge in [-0.1, -0.05) is 0 Å². The van der Waals surface area contributed by atoms with E-state index in [0.29, 0.717) is 25.9 Å². The van der Waals surface area contributed by atoms with Crippen LogP contribution in [0.4, 0.5) is 4.79 Å². The van der Waals surface area contributed by atoms with Crippen LogP contribution in [0.25, 0.3) is 0 Å². The summed E-state index contributed by atoms with van der Waals surface area (Å²) in [6, 6.07) is 1.64. The SMILES string of the molecule is Cc1ccncc1CNC(=O)NCCCCC(=O)O. The fourth-order valence-electron chi connectivity index (χ4n) is 1.52. The third kappa shape index (κ3) is 6.40. The number of urea groups is 1. The van der Waals surface area contributed by atoms with Crippen molar-refractivity contribution in [1.29, 1.82) is 0 Å². The number of aromatic nitrogens is 1. The zero-order valence-electron chi connectivity index (χ0n) is 11.0. The van der Waals surface area contributed by atoms with Crippen LogP contribution in [0.3, 0.4) is 0 Å². The summed E-state index contributed by atoms with van der Waals surface area (Å²) in [4.78, 5) is 25.7. The number of rotatable bonds is 7. The Morgan fingerprint density at radius 2 is 2.11 bits per heavy atom. The van der Waals surface area contributed by atoms with Crippen molar-refractivity contribution in [3.05, 3.63) is 29.6 Å².